The lowest BCUT2D eigenvalue weighted by Crippen LogP contribution is -2.54. The van der Waals surface area contributed by atoms with Crippen LogP contribution in [0.2, 0.25) is 0 Å². The van der Waals surface area contributed by atoms with Crippen LogP contribution in [0, 0.1) is 0 Å². The average Bonchev–Trinajstić information content (AvgIpc) is 3.02. The van der Waals surface area contributed by atoms with Gasteiger partial charge in [-0.2, -0.15) is 13.2 Å². The van der Waals surface area contributed by atoms with E-state index in [1.165, 1.54) is 31.2 Å². The number of hydrogen-bond acceptors (Lipinski definition) is 5. The number of alkyl halides is 3. The van der Waals surface area contributed by atoms with Crippen molar-refractivity contribution in [2.75, 3.05) is 6.54 Å². The molecule has 31 heavy (non-hydrogen) atoms. The first-order chi connectivity index (χ1) is 14.1. The molecule has 172 valence electrons. The Morgan fingerprint density at radius 1 is 1.16 bits per heavy atom. The van der Waals surface area contributed by atoms with Crippen LogP contribution in [-0.4, -0.2) is 52.7 Å². The molecule has 0 spiro atoms. The number of likely N-dealkylation sites (tertiary alicyclic amines) is 1. The third kappa shape index (κ3) is 6.69. The van der Waals surface area contributed by atoms with Crippen LogP contribution in [0.1, 0.15) is 57.3 Å². The standard InChI is InChI=1S/C21H25BrF3NO5/c1-19(2,3)31-18(29)26-11-5-10-20(26,4)17(28)30-15(12-21(23,24)25)16(27)13-6-8-14(22)9-7-13/h6-9,15H,5,10-12H2,1-4H3. The van der Waals surface area contributed by atoms with Crippen LogP contribution in [-0.2, 0) is 14.3 Å². The summed E-state index contributed by atoms with van der Waals surface area (Å²) < 4.78 is 50.4. The number of Topliss-reactive ketones (excluding diaryl/α,β-unsaturated/α-hetero) is 1. The Morgan fingerprint density at radius 2 is 1.74 bits per heavy atom. The van der Waals surface area contributed by atoms with Gasteiger partial charge in [0.25, 0.3) is 0 Å². The summed E-state index contributed by atoms with van der Waals surface area (Å²) in [6, 6.07) is 5.69. The number of ether oxygens (including phenoxy) is 2. The normalized spacial score (nSPS) is 20.3. The van der Waals surface area contributed by atoms with Crippen LogP contribution in [0.25, 0.3) is 0 Å². The van der Waals surface area contributed by atoms with Crippen LogP contribution >= 0.6 is 15.9 Å². The molecule has 0 aliphatic carbocycles. The number of ketones is 1. The molecule has 0 radical (unpaired) electrons. The van der Waals surface area contributed by atoms with Gasteiger partial charge in [0, 0.05) is 16.6 Å². The van der Waals surface area contributed by atoms with Gasteiger partial charge in [0.2, 0.25) is 5.78 Å². The SMILES string of the molecule is CC(C)(C)OC(=O)N1CCCC1(C)C(=O)OC(CC(F)(F)F)C(=O)c1ccc(Br)cc1. The second-order valence-electron chi connectivity index (χ2n) is 8.59. The van der Waals surface area contributed by atoms with Gasteiger partial charge in [-0.25, -0.2) is 9.59 Å². The highest BCUT2D eigenvalue weighted by atomic mass is 79.9. The Kier molecular flexibility index (Phi) is 7.45. The smallest absolute Gasteiger partial charge is 0.411 e. The molecule has 1 aliphatic heterocycles. The zero-order chi connectivity index (χ0) is 23.6. The summed E-state index contributed by atoms with van der Waals surface area (Å²) in [5.74, 6) is -2.04. The van der Waals surface area contributed by atoms with E-state index in [0.29, 0.717) is 10.9 Å². The van der Waals surface area contributed by atoms with E-state index >= 15 is 0 Å². The number of esters is 1. The third-order valence-electron chi connectivity index (χ3n) is 4.78. The minimum atomic E-state index is -4.74. The minimum Gasteiger partial charge on any atom is -0.452 e. The molecule has 1 heterocycles. The summed E-state index contributed by atoms with van der Waals surface area (Å²) in [6.07, 6.45) is -8.58. The third-order valence-corrected chi connectivity index (χ3v) is 5.31. The van der Waals surface area contributed by atoms with Gasteiger partial charge < -0.3 is 9.47 Å². The molecule has 1 aromatic carbocycles. The average molecular weight is 508 g/mol. The highest BCUT2D eigenvalue weighted by Crippen LogP contribution is 2.34. The largest absolute Gasteiger partial charge is 0.452 e. The van der Waals surface area contributed by atoms with Gasteiger partial charge in [0.1, 0.15) is 11.1 Å². The second kappa shape index (κ2) is 9.18. The fourth-order valence-corrected chi connectivity index (χ4v) is 3.50. The molecule has 1 aliphatic rings. The second-order valence-corrected chi connectivity index (χ2v) is 9.51. The number of benzene rings is 1. The van der Waals surface area contributed by atoms with Gasteiger partial charge >= 0.3 is 18.2 Å². The Hall–Kier alpha value is -2.10. The Labute approximate surface area is 187 Å². The maximum Gasteiger partial charge on any atom is 0.411 e. The van der Waals surface area contributed by atoms with E-state index in [-0.39, 0.29) is 18.5 Å². The molecule has 2 rings (SSSR count). The van der Waals surface area contributed by atoms with Crippen molar-refractivity contribution in [2.45, 2.75) is 70.4 Å². The minimum absolute atomic E-state index is 0.0224. The van der Waals surface area contributed by atoms with Crippen LogP contribution < -0.4 is 0 Å². The molecular weight excluding hydrogens is 483 g/mol. The first-order valence-electron chi connectivity index (χ1n) is 9.71. The first-order valence-corrected chi connectivity index (χ1v) is 10.5. The van der Waals surface area contributed by atoms with E-state index in [1.54, 1.807) is 20.8 Å². The molecule has 2 unspecified atom stereocenters. The van der Waals surface area contributed by atoms with Crippen molar-refractivity contribution in [3.63, 3.8) is 0 Å². The predicted octanol–water partition coefficient (Wildman–Crippen LogP) is 5.29. The van der Waals surface area contributed by atoms with Gasteiger partial charge in [0.05, 0.1) is 6.42 Å². The van der Waals surface area contributed by atoms with E-state index in [0.717, 1.165) is 4.90 Å². The molecular formula is C21H25BrF3NO5. The van der Waals surface area contributed by atoms with Crippen LogP contribution in [0.5, 0.6) is 0 Å². The highest BCUT2D eigenvalue weighted by molar-refractivity contribution is 9.10. The van der Waals surface area contributed by atoms with E-state index in [9.17, 15) is 27.6 Å². The van der Waals surface area contributed by atoms with E-state index in [1.807, 2.05) is 0 Å². The van der Waals surface area contributed by atoms with Crippen LogP contribution in [0.4, 0.5) is 18.0 Å². The predicted molar refractivity (Wildman–Crippen MR) is 110 cm³/mol. The number of nitrogens with zero attached hydrogens (tertiary/aromatic N) is 1. The molecule has 0 saturated carbocycles. The topological polar surface area (TPSA) is 72.9 Å². The van der Waals surface area contributed by atoms with Crippen LogP contribution in [0.15, 0.2) is 28.7 Å². The fourth-order valence-electron chi connectivity index (χ4n) is 3.24. The molecule has 2 atom stereocenters. The van der Waals surface area contributed by atoms with Gasteiger partial charge in [0.15, 0.2) is 6.10 Å². The summed E-state index contributed by atoms with van der Waals surface area (Å²) >= 11 is 3.19. The summed E-state index contributed by atoms with van der Waals surface area (Å²) in [5, 5.41) is 0. The summed E-state index contributed by atoms with van der Waals surface area (Å²) in [4.78, 5) is 39.3. The lowest BCUT2D eigenvalue weighted by Gasteiger charge is -2.35. The lowest BCUT2D eigenvalue weighted by atomic mass is 9.98. The first kappa shape index (κ1) is 25.2. The monoisotopic (exact) mass is 507 g/mol. The molecule has 1 aromatic rings. The van der Waals surface area contributed by atoms with E-state index in [2.05, 4.69) is 15.9 Å². The fraction of sp³-hybridized carbons (Fsp3) is 0.571. The van der Waals surface area contributed by atoms with Crippen molar-refractivity contribution in [3.8, 4) is 0 Å². The maximum atomic E-state index is 13.1. The molecule has 0 bridgehead atoms. The Bertz CT molecular complexity index is 835. The number of carbonyl (C=O) groups is 3. The van der Waals surface area contributed by atoms with Gasteiger partial charge in [-0.1, -0.05) is 28.1 Å². The lowest BCUT2D eigenvalue weighted by molar-refractivity contribution is -0.174. The van der Waals surface area contributed by atoms with Crippen molar-refractivity contribution in [3.05, 3.63) is 34.3 Å². The van der Waals surface area contributed by atoms with E-state index < -0.39 is 47.7 Å². The van der Waals surface area contributed by atoms with Crippen molar-refractivity contribution in [1.29, 1.82) is 0 Å². The summed E-state index contributed by atoms with van der Waals surface area (Å²) in [7, 11) is 0. The number of rotatable bonds is 5. The number of halogens is 4. The van der Waals surface area contributed by atoms with Crippen molar-refractivity contribution in [2.24, 2.45) is 0 Å². The molecule has 0 N–H and O–H groups in total. The van der Waals surface area contributed by atoms with Crippen molar-refractivity contribution in [1.82, 2.24) is 4.90 Å². The molecule has 0 aromatic heterocycles. The molecule has 10 heteroatoms. The van der Waals surface area contributed by atoms with Crippen LogP contribution in [0.3, 0.4) is 0 Å². The Balaban J connectivity index is 2.26. The molecule has 6 nitrogen and oxygen atoms in total. The van der Waals surface area contributed by atoms with Crippen molar-refractivity contribution < 1.29 is 37.0 Å². The molecule has 1 saturated heterocycles. The zero-order valence-electron chi connectivity index (χ0n) is 17.7. The van der Waals surface area contributed by atoms with Crippen molar-refractivity contribution >= 4 is 33.8 Å². The number of hydrogen-bond donors (Lipinski definition) is 0. The quantitative estimate of drug-likeness (QED) is 0.400. The number of carbonyl (C=O) groups excluding carboxylic acids is 3. The maximum absolute atomic E-state index is 13.1. The van der Waals surface area contributed by atoms with E-state index in [4.69, 9.17) is 9.47 Å². The molecule has 1 fully saturated rings. The van der Waals surface area contributed by atoms with Gasteiger partial charge in [-0.05, 0) is 52.7 Å². The van der Waals surface area contributed by atoms with Gasteiger partial charge in [-0.3, -0.25) is 9.69 Å². The zero-order valence-corrected chi connectivity index (χ0v) is 19.3. The Morgan fingerprint density at radius 3 is 2.26 bits per heavy atom. The van der Waals surface area contributed by atoms with Gasteiger partial charge in [-0.15, -0.1) is 0 Å². The highest BCUT2D eigenvalue weighted by Gasteiger charge is 2.50. The summed E-state index contributed by atoms with van der Waals surface area (Å²) in [5.41, 5.74) is -2.38. The molecule has 1 amide bonds. The number of amides is 1. The summed E-state index contributed by atoms with van der Waals surface area (Å²) in [6.45, 7) is 6.57.